The summed E-state index contributed by atoms with van der Waals surface area (Å²) in [6.07, 6.45) is 2.09. The summed E-state index contributed by atoms with van der Waals surface area (Å²) in [6, 6.07) is 16.6. The smallest absolute Gasteiger partial charge is 0.144 e. The average Bonchev–Trinajstić information content (AvgIpc) is 2.92. The predicted octanol–water partition coefficient (Wildman–Crippen LogP) is 3.64. The SMILES string of the molecule is COc1ccc2c(c1)c(OCCN(C)C)cn2Cc1ccccc1. The molecule has 0 aliphatic heterocycles. The quantitative estimate of drug-likeness (QED) is 0.664. The average molecular weight is 324 g/mol. The summed E-state index contributed by atoms with van der Waals surface area (Å²) in [5.74, 6) is 1.75. The number of nitrogens with zero attached hydrogens (tertiary/aromatic N) is 2. The highest BCUT2D eigenvalue weighted by molar-refractivity contribution is 5.88. The lowest BCUT2D eigenvalue weighted by Gasteiger charge is -2.10. The fourth-order valence-corrected chi connectivity index (χ4v) is 2.73. The number of rotatable bonds is 7. The molecule has 3 aromatic rings. The Morgan fingerprint density at radius 2 is 1.83 bits per heavy atom. The Morgan fingerprint density at radius 3 is 2.54 bits per heavy atom. The van der Waals surface area contributed by atoms with Gasteiger partial charge in [0.2, 0.25) is 0 Å². The fourth-order valence-electron chi connectivity index (χ4n) is 2.73. The maximum absolute atomic E-state index is 6.03. The summed E-state index contributed by atoms with van der Waals surface area (Å²) in [6.45, 7) is 2.37. The van der Waals surface area contributed by atoms with E-state index in [-0.39, 0.29) is 0 Å². The van der Waals surface area contributed by atoms with Crippen LogP contribution in [0.15, 0.2) is 54.7 Å². The Morgan fingerprint density at radius 1 is 1.04 bits per heavy atom. The van der Waals surface area contributed by atoms with Crippen LogP contribution in [0.4, 0.5) is 0 Å². The van der Waals surface area contributed by atoms with Crippen molar-refractivity contribution in [3.63, 3.8) is 0 Å². The lowest BCUT2D eigenvalue weighted by Crippen LogP contribution is -2.19. The van der Waals surface area contributed by atoms with E-state index in [1.807, 2.05) is 32.3 Å². The van der Waals surface area contributed by atoms with Gasteiger partial charge in [-0.25, -0.2) is 0 Å². The number of hydrogen-bond donors (Lipinski definition) is 0. The van der Waals surface area contributed by atoms with Gasteiger partial charge in [-0.05, 0) is 37.9 Å². The summed E-state index contributed by atoms with van der Waals surface area (Å²) in [5.41, 5.74) is 2.42. The van der Waals surface area contributed by atoms with Crippen molar-refractivity contribution in [3.8, 4) is 11.5 Å². The first kappa shape index (κ1) is 16.4. The standard InChI is InChI=1S/C20H24N2O2/c1-21(2)11-12-24-20-15-22(14-16-7-5-4-6-8-16)19-10-9-17(23-3)13-18(19)20/h4-10,13,15H,11-12,14H2,1-3H3. The second-order valence-electron chi connectivity index (χ2n) is 6.14. The van der Waals surface area contributed by atoms with E-state index >= 15 is 0 Å². The Hall–Kier alpha value is -2.46. The van der Waals surface area contributed by atoms with Crippen molar-refractivity contribution in [2.24, 2.45) is 0 Å². The first-order valence-electron chi connectivity index (χ1n) is 8.15. The molecule has 126 valence electrons. The zero-order valence-electron chi connectivity index (χ0n) is 14.5. The van der Waals surface area contributed by atoms with Gasteiger partial charge >= 0.3 is 0 Å². The van der Waals surface area contributed by atoms with Crippen LogP contribution in [-0.2, 0) is 6.54 Å². The molecule has 0 bridgehead atoms. The van der Waals surface area contributed by atoms with Gasteiger partial charge in [0.1, 0.15) is 18.1 Å². The molecule has 2 aromatic carbocycles. The van der Waals surface area contributed by atoms with Crippen LogP contribution in [0, 0.1) is 0 Å². The topological polar surface area (TPSA) is 26.6 Å². The van der Waals surface area contributed by atoms with Crippen LogP contribution in [0.5, 0.6) is 11.5 Å². The van der Waals surface area contributed by atoms with Gasteiger partial charge in [0, 0.05) is 24.7 Å². The maximum Gasteiger partial charge on any atom is 0.144 e. The molecule has 0 aliphatic rings. The van der Waals surface area contributed by atoms with Crippen molar-refractivity contribution in [2.75, 3.05) is 34.4 Å². The first-order valence-corrected chi connectivity index (χ1v) is 8.15. The zero-order valence-corrected chi connectivity index (χ0v) is 14.5. The third-order valence-electron chi connectivity index (χ3n) is 4.04. The molecule has 0 spiro atoms. The van der Waals surface area contributed by atoms with E-state index in [1.165, 1.54) is 5.56 Å². The zero-order chi connectivity index (χ0) is 16.9. The van der Waals surface area contributed by atoms with Gasteiger partial charge in [-0.2, -0.15) is 0 Å². The normalized spacial score (nSPS) is 11.2. The van der Waals surface area contributed by atoms with Gasteiger partial charge in [-0.15, -0.1) is 0 Å². The second-order valence-corrected chi connectivity index (χ2v) is 6.14. The molecule has 0 N–H and O–H groups in total. The molecule has 0 saturated heterocycles. The van der Waals surface area contributed by atoms with Crippen LogP contribution < -0.4 is 9.47 Å². The number of fused-ring (bicyclic) bond motifs is 1. The van der Waals surface area contributed by atoms with Crippen LogP contribution in [0.2, 0.25) is 0 Å². The second kappa shape index (κ2) is 7.41. The molecule has 0 atom stereocenters. The van der Waals surface area contributed by atoms with E-state index in [0.717, 1.165) is 35.5 Å². The number of hydrogen-bond acceptors (Lipinski definition) is 3. The molecule has 4 nitrogen and oxygen atoms in total. The predicted molar refractivity (Wildman–Crippen MR) is 98.1 cm³/mol. The maximum atomic E-state index is 6.03. The summed E-state index contributed by atoms with van der Waals surface area (Å²) < 4.78 is 13.6. The van der Waals surface area contributed by atoms with Crippen molar-refractivity contribution in [1.82, 2.24) is 9.47 Å². The van der Waals surface area contributed by atoms with E-state index < -0.39 is 0 Å². The van der Waals surface area contributed by atoms with Crippen molar-refractivity contribution in [2.45, 2.75) is 6.54 Å². The minimum absolute atomic E-state index is 0.661. The largest absolute Gasteiger partial charge is 0.497 e. The monoisotopic (exact) mass is 324 g/mol. The van der Waals surface area contributed by atoms with E-state index in [9.17, 15) is 0 Å². The van der Waals surface area contributed by atoms with E-state index in [2.05, 4.69) is 46.0 Å². The van der Waals surface area contributed by atoms with Gasteiger partial charge in [0.05, 0.1) is 12.6 Å². The van der Waals surface area contributed by atoms with Crippen molar-refractivity contribution >= 4 is 10.9 Å². The van der Waals surface area contributed by atoms with Crippen molar-refractivity contribution < 1.29 is 9.47 Å². The Labute approximate surface area is 143 Å². The van der Waals surface area contributed by atoms with E-state index in [1.54, 1.807) is 7.11 Å². The Balaban J connectivity index is 1.93. The van der Waals surface area contributed by atoms with Gasteiger partial charge in [0.15, 0.2) is 0 Å². The Kier molecular flexibility index (Phi) is 5.06. The number of methoxy groups -OCH3 is 1. The van der Waals surface area contributed by atoms with Gasteiger partial charge in [-0.3, -0.25) is 0 Å². The highest BCUT2D eigenvalue weighted by Gasteiger charge is 2.11. The van der Waals surface area contributed by atoms with Crippen LogP contribution in [-0.4, -0.2) is 43.8 Å². The number of ether oxygens (including phenoxy) is 2. The lowest BCUT2D eigenvalue weighted by atomic mass is 10.2. The lowest BCUT2D eigenvalue weighted by molar-refractivity contribution is 0.263. The molecule has 0 unspecified atom stereocenters. The summed E-state index contributed by atoms with van der Waals surface area (Å²) in [7, 11) is 5.78. The molecule has 24 heavy (non-hydrogen) atoms. The van der Waals surface area contributed by atoms with Crippen LogP contribution >= 0.6 is 0 Å². The van der Waals surface area contributed by atoms with Crippen molar-refractivity contribution in [1.29, 1.82) is 0 Å². The van der Waals surface area contributed by atoms with Gasteiger partial charge < -0.3 is 18.9 Å². The third kappa shape index (κ3) is 3.71. The first-order chi connectivity index (χ1) is 11.7. The van der Waals surface area contributed by atoms with Crippen LogP contribution in [0.1, 0.15) is 5.56 Å². The number of benzene rings is 2. The summed E-state index contributed by atoms with van der Waals surface area (Å²) >= 11 is 0. The fraction of sp³-hybridized carbons (Fsp3) is 0.300. The molecule has 0 radical (unpaired) electrons. The molecule has 0 aliphatic carbocycles. The van der Waals surface area contributed by atoms with E-state index in [4.69, 9.17) is 9.47 Å². The molecule has 3 rings (SSSR count). The third-order valence-corrected chi connectivity index (χ3v) is 4.04. The molecule has 0 saturated carbocycles. The highest BCUT2D eigenvalue weighted by Crippen LogP contribution is 2.32. The minimum Gasteiger partial charge on any atom is -0.497 e. The van der Waals surface area contributed by atoms with Gasteiger partial charge in [0.25, 0.3) is 0 Å². The van der Waals surface area contributed by atoms with Crippen molar-refractivity contribution in [3.05, 3.63) is 60.3 Å². The molecule has 1 heterocycles. The molecular weight excluding hydrogens is 300 g/mol. The van der Waals surface area contributed by atoms with Gasteiger partial charge in [-0.1, -0.05) is 30.3 Å². The summed E-state index contributed by atoms with van der Waals surface area (Å²) in [5, 5.41) is 1.09. The van der Waals surface area contributed by atoms with Crippen LogP contribution in [0.3, 0.4) is 0 Å². The number of aromatic nitrogens is 1. The van der Waals surface area contributed by atoms with Crippen LogP contribution in [0.25, 0.3) is 10.9 Å². The minimum atomic E-state index is 0.661. The number of likely N-dealkylation sites (N-methyl/N-ethyl adjacent to an activating group) is 1. The Bertz CT molecular complexity index is 794. The molecular formula is C20H24N2O2. The molecule has 4 heteroatoms. The summed E-state index contributed by atoms with van der Waals surface area (Å²) in [4.78, 5) is 2.11. The molecule has 1 aromatic heterocycles. The molecule has 0 amide bonds. The van der Waals surface area contributed by atoms with E-state index in [0.29, 0.717) is 6.61 Å². The highest BCUT2D eigenvalue weighted by atomic mass is 16.5. The molecule has 0 fully saturated rings.